The molecule has 1 aliphatic rings. The van der Waals surface area contributed by atoms with Crippen molar-refractivity contribution in [2.75, 3.05) is 7.11 Å². The predicted molar refractivity (Wildman–Crippen MR) is 85.6 cm³/mol. The van der Waals surface area contributed by atoms with Gasteiger partial charge in [0.1, 0.15) is 17.4 Å². The second-order valence-electron chi connectivity index (χ2n) is 5.50. The van der Waals surface area contributed by atoms with Gasteiger partial charge in [0.15, 0.2) is 5.78 Å². The summed E-state index contributed by atoms with van der Waals surface area (Å²) in [5.41, 5.74) is 1.58. The first-order valence-corrected chi connectivity index (χ1v) is 7.64. The molecule has 1 aliphatic heterocycles. The second-order valence-corrected chi connectivity index (χ2v) is 5.50. The van der Waals surface area contributed by atoms with Crippen molar-refractivity contribution in [3.8, 4) is 11.5 Å². The van der Waals surface area contributed by atoms with Crippen molar-refractivity contribution in [2.24, 2.45) is 5.92 Å². The topological polar surface area (TPSA) is 52.6 Å². The number of rotatable bonds is 4. The Morgan fingerprint density at radius 2 is 1.57 bits per heavy atom. The smallest absolute Gasteiger partial charge is 0.316 e. The molecule has 0 fully saturated rings. The number of esters is 1. The van der Waals surface area contributed by atoms with Crippen LogP contribution in [-0.4, -0.2) is 18.9 Å². The molecule has 0 amide bonds. The molecular weight excluding hydrogens is 292 g/mol. The van der Waals surface area contributed by atoms with Crippen molar-refractivity contribution in [3.05, 3.63) is 59.7 Å². The number of carbonyl (C=O) groups is 2. The summed E-state index contributed by atoms with van der Waals surface area (Å²) >= 11 is 0. The van der Waals surface area contributed by atoms with Gasteiger partial charge in [-0.1, -0.05) is 43.3 Å². The van der Waals surface area contributed by atoms with E-state index >= 15 is 0 Å². The van der Waals surface area contributed by atoms with Gasteiger partial charge < -0.3 is 9.47 Å². The highest BCUT2D eigenvalue weighted by Crippen LogP contribution is 2.45. The standard InChI is InChI=1S/C19H18O4/c1-3-12(19(21)22-2)18(20)17-13-8-4-6-10-15(13)23-16-11-7-5-9-14(16)17/h4-12,17H,3H2,1-2H3. The first-order chi connectivity index (χ1) is 11.2. The molecular formula is C19H18O4. The summed E-state index contributed by atoms with van der Waals surface area (Å²) in [5, 5.41) is 0. The van der Waals surface area contributed by atoms with E-state index in [0.29, 0.717) is 17.9 Å². The number of carbonyl (C=O) groups excluding carboxylic acids is 2. The number of para-hydroxylation sites is 2. The second kappa shape index (κ2) is 6.24. The molecule has 118 valence electrons. The van der Waals surface area contributed by atoms with Crippen molar-refractivity contribution < 1.29 is 19.1 Å². The highest BCUT2D eigenvalue weighted by molar-refractivity contribution is 6.04. The van der Waals surface area contributed by atoms with E-state index in [-0.39, 0.29) is 5.78 Å². The van der Waals surface area contributed by atoms with Crippen LogP contribution in [-0.2, 0) is 14.3 Å². The number of Topliss-reactive ketones (excluding diaryl/α,β-unsaturated/α-hetero) is 1. The summed E-state index contributed by atoms with van der Waals surface area (Å²) < 4.78 is 10.7. The number of fused-ring (bicyclic) bond motifs is 2. The van der Waals surface area contributed by atoms with Crippen LogP contribution in [0.5, 0.6) is 11.5 Å². The number of hydrogen-bond donors (Lipinski definition) is 0. The van der Waals surface area contributed by atoms with E-state index in [9.17, 15) is 9.59 Å². The van der Waals surface area contributed by atoms with Gasteiger partial charge in [0.25, 0.3) is 0 Å². The molecule has 1 unspecified atom stereocenters. The Kier molecular flexibility index (Phi) is 4.15. The lowest BCUT2D eigenvalue weighted by Gasteiger charge is -2.29. The summed E-state index contributed by atoms with van der Waals surface area (Å²) in [6, 6.07) is 14.9. The molecule has 2 aromatic rings. The Bertz CT molecular complexity index is 705. The zero-order valence-corrected chi connectivity index (χ0v) is 13.1. The van der Waals surface area contributed by atoms with E-state index in [2.05, 4.69) is 0 Å². The SMILES string of the molecule is CCC(C(=O)OC)C(=O)C1c2ccccc2Oc2ccccc21. The summed E-state index contributed by atoms with van der Waals surface area (Å²) in [5.74, 6) is -0.612. The number of methoxy groups -OCH3 is 1. The minimum Gasteiger partial charge on any atom is -0.468 e. The molecule has 0 bridgehead atoms. The van der Waals surface area contributed by atoms with Crippen LogP contribution in [0, 0.1) is 5.92 Å². The third-order valence-electron chi connectivity index (χ3n) is 4.20. The van der Waals surface area contributed by atoms with Crippen LogP contribution in [0.15, 0.2) is 48.5 Å². The summed E-state index contributed by atoms with van der Waals surface area (Å²) in [6.45, 7) is 1.82. The summed E-state index contributed by atoms with van der Waals surface area (Å²) in [7, 11) is 1.31. The van der Waals surface area contributed by atoms with Gasteiger partial charge >= 0.3 is 5.97 Å². The van der Waals surface area contributed by atoms with Crippen LogP contribution >= 0.6 is 0 Å². The first kappa shape index (κ1) is 15.3. The van der Waals surface area contributed by atoms with E-state index < -0.39 is 17.8 Å². The fourth-order valence-electron chi connectivity index (χ4n) is 3.04. The lowest BCUT2D eigenvalue weighted by Crippen LogP contribution is -2.31. The van der Waals surface area contributed by atoms with Crippen molar-refractivity contribution >= 4 is 11.8 Å². The Hall–Kier alpha value is -2.62. The number of ketones is 1. The average molecular weight is 310 g/mol. The maximum atomic E-state index is 13.1. The Morgan fingerprint density at radius 1 is 1.04 bits per heavy atom. The molecule has 4 nitrogen and oxygen atoms in total. The monoisotopic (exact) mass is 310 g/mol. The number of benzene rings is 2. The molecule has 4 heteroatoms. The van der Waals surface area contributed by atoms with Crippen molar-refractivity contribution in [3.63, 3.8) is 0 Å². The third-order valence-corrected chi connectivity index (χ3v) is 4.20. The molecule has 3 rings (SSSR count). The quantitative estimate of drug-likeness (QED) is 0.638. The predicted octanol–water partition coefficient (Wildman–Crippen LogP) is 3.69. The first-order valence-electron chi connectivity index (χ1n) is 7.64. The van der Waals surface area contributed by atoms with Crippen LogP contribution in [0.3, 0.4) is 0 Å². The van der Waals surface area contributed by atoms with Crippen LogP contribution < -0.4 is 4.74 Å². The largest absolute Gasteiger partial charge is 0.468 e. The van der Waals surface area contributed by atoms with E-state index in [1.807, 2.05) is 55.5 Å². The molecule has 0 aliphatic carbocycles. The molecule has 0 aromatic heterocycles. The van der Waals surface area contributed by atoms with Gasteiger partial charge in [-0.25, -0.2) is 0 Å². The van der Waals surface area contributed by atoms with Gasteiger partial charge in [-0.15, -0.1) is 0 Å². The average Bonchev–Trinajstić information content (AvgIpc) is 2.59. The van der Waals surface area contributed by atoms with Gasteiger partial charge in [0.05, 0.1) is 13.0 Å². The molecule has 1 heterocycles. The molecule has 23 heavy (non-hydrogen) atoms. The molecule has 0 spiro atoms. The highest BCUT2D eigenvalue weighted by atomic mass is 16.5. The fraction of sp³-hybridized carbons (Fsp3) is 0.263. The molecule has 0 N–H and O–H groups in total. The van der Waals surface area contributed by atoms with E-state index in [4.69, 9.17) is 9.47 Å². The third kappa shape index (κ3) is 2.61. The van der Waals surface area contributed by atoms with Crippen molar-refractivity contribution in [1.82, 2.24) is 0 Å². The van der Waals surface area contributed by atoms with Gasteiger partial charge in [0, 0.05) is 11.1 Å². The maximum absolute atomic E-state index is 13.1. The molecule has 0 saturated carbocycles. The fourth-order valence-corrected chi connectivity index (χ4v) is 3.04. The van der Waals surface area contributed by atoms with Crippen molar-refractivity contribution in [2.45, 2.75) is 19.3 Å². The van der Waals surface area contributed by atoms with Crippen LogP contribution in [0.25, 0.3) is 0 Å². The lowest BCUT2D eigenvalue weighted by atomic mass is 9.79. The van der Waals surface area contributed by atoms with E-state index in [1.54, 1.807) is 0 Å². The Balaban J connectivity index is 2.11. The molecule has 0 radical (unpaired) electrons. The summed E-state index contributed by atoms with van der Waals surface area (Å²) in [6.07, 6.45) is 0.410. The Morgan fingerprint density at radius 3 is 2.04 bits per heavy atom. The number of ether oxygens (including phenoxy) is 2. The van der Waals surface area contributed by atoms with Crippen LogP contribution in [0.1, 0.15) is 30.4 Å². The molecule has 1 atom stereocenters. The van der Waals surface area contributed by atoms with Crippen molar-refractivity contribution in [1.29, 1.82) is 0 Å². The van der Waals surface area contributed by atoms with Gasteiger partial charge in [-0.3, -0.25) is 9.59 Å². The minimum atomic E-state index is -0.774. The van der Waals surface area contributed by atoms with Gasteiger partial charge in [-0.2, -0.15) is 0 Å². The van der Waals surface area contributed by atoms with Gasteiger partial charge in [-0.05, 0) is 18.6 Å². The summed E-state index contributed by atoms with van der Waals surface area (Å²) in [4.78, 5) is 25.1. The Labute approximate surface area is 135 Å². The van der Waals surface area contributed by atoms with Gasteiger partial charge in [0.2, 0.25) is 0 Å². The van der Waals surface area contributed by atoms with Crippen LogP contribution in [0.2, 0.25) is 0 Å². The normalized spacial score (nSPS) is 14.2. The van der Waals surface area contributed by atoms with E-state index in [1.165, 1.54) is 7.11 Å². The minimum absolute atomic E-state index is 0.150. The molecule has 0 saturated heterocycles. The lowest BCUT2D eigenvalue weighted by molar-refractivity contribution is -0.149. The zero-order chi connectivity index (χ0) is 16.4. The van der Waals surface area contributed by atoms with Crippen LogP contribution in [0.4, 0.5) is 0 Å². The zero-order valence-electron chi connectivity index (χ0n) is 13.1. The maximum Gasteiger partial charge on any atom is 0.316 e. The number of hydrogen-bond acceptors (Lipinski definition) is 4. The highest BCUT2D eigenvalue weighted by Gasteiger charge is 2.38. The molecule has 2 aromatic carbocycles. The van der Waals surface area contributed by atoms with E-state index in [0.717, 1.165) is 11.1 Å².